The SMILES string of the molecule is Cn1nc(C(=O)N2CC(O)(CNC3C[C@@H](O)[C@@H](O)C3)C2)c(Nc2ccc(Br)cc2Cl)cc1=O. The standard InChI is InChI=1S/C21H25BrClN5O5/c1-27-18(31)7-15(25-14-3-2-11(22)4-13(14)23)19(26-27)20(32)28-9-21(33,10-28)8-24-12-5-16(29)17(30)6-12/h2-4,7,12,16-17,24-25,29-30,33H,5-6,8-10H2,1H3/t12?,16-,17+. The lowest BCUT2D eigenvalue weighted by Gasteiger charge is -2.46. The third-order valence-corrected chi connectivity index (χ3v) is 6.77. The molecule has 2 aromatic rings. The summed E-state index contributed by atoms with van der Waals surface area (Å²) in [6, 6.07) is 6.35. The highest BCUT2D eigenvalue weighted by Crippen LogP contribution is 2.30. The van der Waals surface area contributed by atoms with Gasteiger partial charge < -0.3 is 30.9 Å². The van der Waals surface area contributed by atoms with Gasteiger partial charge >= 0.3 is 0 Å². The Hall–Kier alpha value is -2.02. The summed E-state index contributed by atoms with van der Waals surface area (Å²) >= 11 is 9.60. The van der Waals surface area contributed by atoms with E-state index in [0.29, 0.717) is 23.6 Å². The van der Waals surface area contributed by atoms with Crippen molar-refractivity contribution in [3.05, 3.63) is 49.8 Å². The monoisotopic (exact) mass is 541 g/mol. The lowest BCUT2D eigenvalue weighted by atomic mass is 9.93. The molecule has 1 unspecified atom stereocenters. The number of carbonyl (C=O) groups excluding carboxylic acids is 1. The maximum Gasteiger partial charge on any atom is 0.276 e. The topological polar surface area (TPSA) is 140 Å². The Bertz CT molecular complexity index is 1110. The first-order valence-corrected chi connectivity index (χ1v) is 11.6. The molecule has 178 valence electrons. The number of amides is 1. The smallest absolute Gasteiger partial charge is 0.276 e. The quantitative estimate of drug-likeness (QED) is 0.358. The van der Waals surface area contributed by atoms with E-state index in [-0.39, 0.29) is 37.1 Å². The number of nitrogens with zero attached hydrogens (tertiary/aromatic N) is 3. The first-order valence-electron chi connectivity index (χ1n) is 10.5. The van der Waals surface area contributed by atoms with Crippen LogP contribution in [0, 0.1) is 0 Å². The van der Waals surface area contributed by atoms with Gasteiger partial charge in [0.1, 0.15) is 5.60 Å². The van der Waals surface area contributed by atoms with Crippen molar-refractivity contribution in [2.75, 3.05) is 25.0 Å². The first kappa shape index (κ1) is 24.1. The summed E-state index contributed by atoms with van der Waals surface area (Å²) < 4.78 is 1.86. The number of aliphatic hydroxyl groups is 3. The van der Waals surface area contributed by atoms with Gasteiger partial charge in [-0.2, -0.15) is 5.10 Å². The molecule has 10 nitrogen and oxygen atoms in total. The zero-order chi connectivity index (χ0) is 23.9. The van der Waals surface area contributed by atoms with Crippen molar-refractivity contribution in [1.29, 1.82) is 0 Å². The molecule has 0 bridgehead atoms. The minimum Gasteiger partial charge on any atom is -0.390 e. The van der Waals surface area contributed by atoms with Crippen LogP contribution in [0.1, 0.15) is 23.3 Å². The van der Waals surface area contributed by atoms with Crippen LogP contribution in [0.2, 0.25) is 5.02 Å². The number of benzene rings is 1. The number of hydrogen-bond donors (Lipinski definition) is 5. The fraction of sp³-hybridized carbons (Fsp3) is 0.476. The Balaban J connectivity index is 1.45. The van der Waals surface area contributed by atoms with Crippen molar-refractivity contribution < 1.29 is 20.1 Å². The molecule has 5 N–H and O–H groups in total. The number of likely N-dealkylation sites (tertiary alicyclic amines) is 1. The Labute approximate surface area is 203 Å². The van der Waals surface area contributed by atoms with Crippen molar-refractivity contribution in [3.8, 4) is 0 Å². The predicted molar refractivity (Wildman–Crippen MR) is 126 cm³/mol. The minimum absolute atomic E-state index is 0.0353. The number of anilines is 2. The summed E-state index contributed by atoms with van der Waals surface area (Å²) in [5, 5.41) is 40.8. The Morgan fingerprint density at radius 2 is 1.91 bits per heavy atom. The number of aromatic nitrogens is 2. The van der Waals surface area contributed by atoms with Crippen LogP contribution in [0.25, 0.3) is 0 Å². The highest BCUT2D eigenvalue weighted by molar-refractivity contribution is 9.10. The van der Waals surface area contributed by atoms with Gasteiger partial charge in [0.2, 0.25) is 0 Å². The summed E-state index contributed by atoms with van der Waals surface area (Å²) in [4.78, 5) is 26.8. The van der Waals surface area contributed by atoms with Gasteiger partial charge in [0.25, 0.3) is 11.5 Å². The van der Waals surface area contributed by atoms with Gasteiger partial charge in [-0.15, -0.1) is 0 Å². The normalized spacial score (nSPS) is 23.9. The molecule has 1 aromatic heterocycles. The zero-order valence-corrected chi connectivity index (χ0v) is 20.2. The van der Waals surface area contributed by atoms with Crippen LogP contribution in [0.5, 0.6) is 0 Å². The third kappa shape index (κ3) is 5.23. The van der Waals surface area contributed by atoms with Gasteiger partial charge in [-0.05, 0) is 31.0 Å². The second-order valence-electron chi connectivity index (χ2n) is 8.69. The zero-order valence-electron chi connectivity index (χ0n) is 17.8. The van der Waals surface area contributed by atoms with Crippen molar-refractivity contribution in [3.63, 3.8) is 0 Å². The van der Waals surface area contributed by atoms with Crippen LogP contribution in [0.15, 0.2) is 33.5 Å². The van der Waals surface area contributed by atoms with Crippen molar-refractivity contribution in [1.82, 2.24) is 20.0 Å². The van der Waals surface area contributed by atoms with Crippen LogP contribution < -0.4 is 16.2 Å². The molecule has 1 aromatic carbocycles. The molecular formula is C21H25BrClN5O5. The van der Waals surface area contributed by atoms with E-state index in [9.17, 15) is 24.9 Å². The molecule has 4 rings (SSSR count). The number of aliphatic hydroxyl groups excluding tert-OH is 2. The van der Waals surface area contributed by atoms with Crippen molar-refractivity contribution >= 4 is 44.8 Å². The number of β-amino-alcohol motifs (C(OH)–C–C–N with tert-alkyl or cyclic N) is 1. The largest absolute Gasteiger partial charge is 0.390 e. The summed E-state index contributed by atoms with van der Waals surface area (Å²) in [6.07, 6.45) is -0.708. The molecule has 2 fully saturated rings. The maximum absolute atomic E-state index is 13.1. The summed E-state index contributed by atoms with van der Waals surface area (Å²) in [5.41, 5.74) is -0.762. The number of carbonyl (C=O) groups is 1. The predicted octanol–water partition coefficient (Wildman–Crippen LogP) is 0.601. The van der Waals surface area contributed by atoms with Crippen molar-refractivity contribution in [2.24, 2.45) is 7.05 Å². The van der Waals surface area contributed by atoms with E-state index in [1.165, 1.54) is 18.0 Å². The summed E-state index contributed by atoms with van der Waals surface area (Å²) in [5.74, 6) is -0.433. The average Bonchev–Trinajstić information content (AvgIpc) is 3.06. The third-order valence-electron chi connectivity index (χ3n) is 5.97. The number of aryl methyl sites for hydroxylation is 1. The molecule has 1 aliphatic heterocycles. The molecule has 33 heavy (non-hydrogen) atoms. The van der Waals surface area contributed by atoms with E-state index in [0.717, 1.165) is 9.15 Å². The maximum atomic E-state index is 13.1. The van der Waals surface area contributed by atoms with E-state index in [1.807, 2.05) is 0 Å². The summed E-state index contributed by atoms with van der Waals surface area (Å²) in [6.45, 7) is 0.389. The lowest BCUT2D eigenvalue weighted by Crippen LogP contribution is -2.67. The summed E-state index contributed by atoms with van der Waals surface area (Å²) in [7, 11) is 1.45. The Kier molecular flexibility index (Phi) is 6.81. The fourth-order valence-electron chi connectivity index (χ4n) is 4.09. The van der Waals surface area contributed by atoms with Gasteiger partial charge in [0.05, 0.1) is 41.7 Å². The fourth-order valence-corrected chi connectivity index (χ4v) is 4.81. The molecule has 2 aliphatic rings. The second-order valence-corrected chi connectivity index (χ2v) is 10.0. The van der Waals surface area contributed by atoms with E-state index < -0.39 is 29.3 Å². The van der Waals surface area contributed by atoms with Gasteiger partial charge in [-0.25, -0.2) is 4.68 Å². The molecule has 1 amide bonds. The second kappa shape index (κ2) is 9.32. The number of nitrogens with one attached hydrogen (secondary N) is 2. The van der Waals surface area contributed by atoms with Gasteiger partial charge in [0.15, 0.2) is 5.69 Å². The Morgan fingerprint density at radius 3 is 2.55 bits per heavy atom. The van der Waals surface area contributed by atoms with Gasteiger partial charge in [0, 0.05) is 30.2 Å². The molecular weight excluding hydrogens is 518 g/mol. The highest BCUT2D eigenvalue weighted by Gasteiger charge is 2.45. The molecule has 0 spiro atoms. The first-order chi connectivity index (χ1) is 15.5. The molecule has 12 heteroatoms. The van der Waals surface area contributed by atoms with Crippen LogP contribution in [0.4, 0.5) is 11.4 Å². The molecule has 1 saturated carbocycles. The Morgan fingerprint density at radius 1 is 1.24 bits per heavy atom. The number of rotatable bonds is 6. The molecule has 1 saturated heterocycles. The average molecular weight is 543 g/mol. The number of halogens is 2. The van der Waals surface area contributed by atoms with E-state index >= 15 is 0 Å². The van der Waals surface area contributed by atoms with Crippen LogP contribution in [0.3, 0.4) is 0 Å². The van der Waals surface area contributed by atoms with E-state index in [4.69, 9.17) is 11.6 Å². The molecule has 3 atom stereocenters. The van der Waals surface area contributed by atoms with E-state index in [1.54, 1.807) is 18.2 Å². The van der Waals surface area contributed by atoms with Gasteiger partial charge in [-0.1, -0.05) is 27.5 Å². The molecule has 1 aliphatic carbocycles. The minimum atomic E-state index is -1.13. The van der Waals surface area contributed by atoms with Crippen LogP contribution in [-0.4, -0.2) is 79.4 Å². The van der Waals surface area contributed by atoms with Crippen LogP contribution >= 0.6 is 27.5 Å². The van der Waals surface area contributed by atoms with Crippen molar-refractivity contribution in [2.45, 2.75) is 36.7 Å². The number of hydrogen-bond acceptors (Lipinski definition) is 8. The molecule has 0 radical (unpaired) electrons. The highest BCUT2D eigenvalue weighted by atomic mass is 79.9. The molecule has 2 heterocycles. The van der Waals surface area contributed by atoms with Gasteiger partial charge in [-0.3, -0.25) is 9.59 Å². The van der Waals surface area contributed by atoms with E-state index in [2.05, 4.69) is 31.7 Å². The lowest BCUT2D eigenvalue weighted by molar-refractivity contribution is -0.0800. The van der Waals surface area contributed by atoms with Crippen LogP contribution in [-0.2, 0) is 7.05 Å².